The molecule has 1 fully saturated rings. The van der Waals surface area contributed by atoms with Crippen LogP contribution in [0.4, 0.5) is 0 Å². The number of unbranched alkanes of at least 4 members (excludes halogenated alkanes) is 3. The highest BCUT2D eigenvalue weighted by molar-refractivity contribution is 4.97. The van der Waals surface area contributed by atoms with Gasteiger partial charge in [0.2, 0.25) is 0 Å². The van der Waals surface area contributed by atoms with Crippen molar-refractivity contribution in [3.63, 3.8) is 0 Å². The Kier molecular flexibility index (Phi) is 7.38. The molecule has 1 rings (SSSR count). The van der Waals surface area contributed by atoms with E-state index in [0.717, 1.165) is 6.54 Å². The molecule has 1 aliphatic rings. The Hall–Kier alpha value is -0.0800. The lowest BCUT2D eigenvalue weighted by atomic mass is 9.87. The van der Waals surface area contributed by atoms with E-state index in [1.165, 1.54) is 44.9 Å². The van der Waals surface area contributed by atoms with Gasteiger partial charge in [-0.15, -0.1) is 0 Å². The van der Waals surface area contributed by atoms with E-state index < -0.39 is 0 Å². The standard InChI is InChI=1S/C17H35NO/c1-6-8-9-10-11-14(3)19-15-12-13-17(4,5)16(15)18-7-2/h14-16,18H,6-13H2,1-5H3. The minimum absolute atomic E-state index is 0.378. The van der Waals surface area contributed by atoms with Crippen molar-refractivity contribution < 1.29 is 4.74 Å². The molecule has 0 heterocycles. The van der Waals surface area contributed by atoms with Gasteiger partial charge in [0.1, 0.15) is 0 Å². The van der Waals surface area contributed by atoms with Crippen LogP contribution in [0.25, 0.3) is 0 Å². The first-order valence-corrected chi connectivity index (χ1v) is 8.40. The largest absolute Gasteiger partial charge is 0.374 e. The van der Waals surface area contributed by atoms with Crippen LogP contribution in [0.3, 0.4) is 0 Å². The first-order chi connectivity index (χ1) is 9.01. The molecule has 114 valence electrons. The van der Waals surface area contributed by atoms with Crippen molar-refractivity contribution in [1.29, 1.82) is 0 Å². The van der Waals surface area contributed by atoms with Gasteiger partial charge >= 0.3 is 0 Å². The summed E-state index contributed by atoms with van der Waals surface area (Å²) in [6, 6.07) is 0.524. The number of ether oxygens (including phenoxy) is 1. The molecule has 0 aliphatic heterocycles. The van der Waals surface area contributed by atoms with E-state index in [9.17, 15) is 0 Å². The second-order valence-corrected chi connectivity index (χ2v) is 6.90. The third-order valence-corrected chi connectivity index (χ3v) is 4.58. The quantitative estimate of drug-likeness (QED) is 0.621. The van der Waals surface area contributed by atoms with Crippen molar-refractivity contribution in [2.24, 2.45) is 5.41 Å². The topological polar surface area (TPSA) is 21.3 Å². The van der Waals surface area contributed by atoms with E-state index in [-0.39, 0.29) is 0 Å². The zero-order valence-electron chi connectivity index (χ0n) is 13.8. The molecule has 3 atom stereocenters. The third-order valence-electron chi connectivity index (χ3n) is 4.58. The molecule has 0 aromatic heterocycles. The van der Waals surface area contributed by atoms with Gasteiger partial charge in [-0.2, -0.15) is 0 Å². The van der Waals surface area contributed by atoms with E-state index >= 15 is 0 Å². The molecule has 1 aliphatic carbocycles. The second kappa shape index (κ2) is 8.26. The predicted octanol–water partition coefficient (Wildman–Crippen LogP) is 4.53. The van der Waals surface area contributed by atoms with Crippen molar-refractivity contribution in [2.75, 3.05) is 6.54 Å². The van der Waals surface area contributed by atoms with Crippen LogP contribution in [0.2, 0.25) is 0 Å². The van der Waals surface area contributed by atoms with Crippen LogP contribution in [0.5, 0.6) is 0 Å². The molecule has 0 aromatic rings. The summed E-state index contributed by atoms with van der Waals surface area (Å²) in [6.07, 6.45) is 9.89. The molecule has 1 N–H and O–H groups in total. The normalized spacial score (nSPS) is 27.6. The Bertz CT molecular complexity index is 239. The molecule has 2 heteroatoms. The van der Waals surface area contributed by atoms with Gasteiger partial charge in [-0.25, -0.2) is 0 Å². The molecule has 1 saturated carbocycles. The van der Waals surface area contributed by atoms with Crippen molar-refractivity contribution in [2.45, 2.75) is 97.8 Å². The fraction of sp³-hybridized carbons (Fsp3) is 1.00. The molecule has 0 amide bonds. The van der Waals surface area contributed by atoms with Gasteiger partial charge < -0.3 is 10.1 Å². The van der Waals surface area contributed by atoms with Crippen LogP contribution in [0.1, 0.15) is 79.6 Å². The second-order valence-electron chi connectivity index (χ2n) is 6.90. The van der Waals surface area contributed by atoms with Crippen LogP contribution in [0, 0.1) is 5.41 Å². The predicted molar refractivity (Wildman–Crippen MR) is 83.6 cm³/mol. The van der Waals surface area contributed by atoms with Crippen molar-refractivity contribution in [3.8, 4) is 0 Å². The van der Waals surface area contributed by atoms with Gasteiger partial charge in [-0.1, -0.05) is 53.4 Å². The number of hydrogen-bond acceptors (Lipinski definition) is 2. The molecular formula is C17H35NO. The minimum Gasteiger partial charge on any atom is -0.374 e. The summed E-state index contributed by atoms with van der Waals surface area (Å²) in [5, 5.41) is 3.64. The van der Waals surface area contributed by atoms with E-state index in [1.54, 1.807) is 0 Å². The van der Waals surface area contributed by atoms with E-state index in [0.29, 0.717) is 23.7 Å². The van der Waals surface area contributed by atoms with Gasteiger partial charge in [0.15, 0.2) is 0 Å². The number of nitrogens with one attached hydrogen (secondary N) is 1. The van der Waals surface area contributed by atoms with Crippen LogP contribution in [-0.2, 0) is 4.74 Å². The summed E-state index contributed by atoms with van der Waals surface area (Å²) in [6.45, 7) is 12.5. The highest BCUT2D eigenvalue weighted by atomic mass is 16.5. The van der Waals surface area contributed by atoms with E-state index in [1.807, 2.05) is 0 Å². The van der Waals surface area contributed by atoms with Crippen LogP contribution in [0.15, 0.2) is 0 Å². The summed E-state index contributed by atoms with van der Waals surface area (Å²) >= 11 is 0. The van der Waals surface area contributed by atoms with Crippen LogP contribution >= 0.6 is 0 Å². The molecule has 0 saturated heterocycles. The first-order valence-electron chi connectivity index (χ1n) is 8.40. The number of likely N-dealkylation sites (N-methyl/N-ethyl adjacent to an activating group) is 1. The zero-order valence-corrected chi connectivity index (χ0v) is 13.8. The molecule has 0 aromatic carbocycles. The highest BCUT2D eigenvalue weighted by Gasteiger charge is 2.42. The summed E-state index contributed by atoms with van der Waals surface area (Å²) in [7, 11) is 0. The van der Waals surface area contributed by atoms with Crippen LogP contribution < -0.4 is 5.32 Å². The molecular weight excluding hydrogens is 234 g/mol. The van der Waals surface area contributed by atoms with Gasteiger partial charge in [0, 0.05) is 6.04 Å². The van der Waals surface area contributed by atoms with Gasteiger partial charge in [0.05, 0.1) is 12.2 Å². The fourth-order valence-corrected chi connectivity index (χ4v) is 3.34. The first kappa shape index (κ1) is 17.0. The maximum atomic E-state index is 6.33. The molecule has 0 radical (unpaired) electrons. The smallest absolute Gasteiger partial charge is 0.0737 e. The van der Waals surface area contributed by atoms with Crippen LogP contribution in [-0.4, -0.2) is 24.8 Å². The Labute approximate surface area is 120 Å². The summed E-state index contributed by atoms with van der Waals surface area (Å²) in [5.41, 5.74) is 0.378. The lowest BCUT2D eigenvalue weighted by molar-refractivity contribution is -0.0249. The average Bonchev–Trinajstić information content (AvgIpc) is 2.63. The monoisotopic (exact) mass is 269 g/mol. The molecule has 3 unspecified atom stereocenters. The molecule has 0 bridgehead atoms. The zero-order chi connectivity index (χ0) is 14.3. The lowest BCUT2D eigenvalue weighted by Crippen LogP contribution is -2.46. The van der Waals surface area contributed by atoms with Crippen molar-refractivity contribution in [1.82, 2.24) is 5.32 Å². The average molecular weight is 269 g/mol. The Morgan fingerprint density at radius 2 is 1.95 bits per heavy atom. The maximum absolute atomic E-state index is 6.33. The Balaban J connectivity index is 2.34. The molecule has 2 nitrogen and oxygen atoms in total. The summed E-state index contributed by atoms with van der Waals surface area (Å²) in [4.78, 5) is 0. The van der Waals surface area contributed by atoms with E-state index in [4.69, 9.17) is 4.74 Å². The molecule has 0 spiro atoms. The highest BCUT2D eigenvalue weighted by Crippen LogP contribution is 2.39. The number of rotatable bonds is 9. The Morgan fingerprint density at radius 3 is 2.58 bits per heavy atom. The maximum Gasteiger partial charge on any atom is 0.0737 e. The van der Waals surface area contributed by atoms with Gasteiger partial charge in [-0.3, -0.25) is 0 Å². The summed E-state index contributed by atoms with van der Waals surface area (Å²) < 4.78 is 6.33. The third kappa shape index (κ3) is 5.43. The summed E-state index contributed by atoms with van der Waals surface area (Å²) in [5.74, 6) is 0. The SMILES string of the molecule is CCCCCCC(C)OC1CCC(C)(C)C1NCC. The van der Waals surface area contributed by atoms with Gasteiger partial charge in [-0.05, 0) is 38.1 Å². The Morgan fingerprint density at radius 1 is 1.21 bits per heavy atom. The fourth-order valence-electron chi connectivity index (χ4n) is 3.34. The van der Waals surface area contributed by atoms with Gasteiger partial charge in [0.25, 0.3) is 0 Å². The van der Waals surface area contributed by atoms with Crippen molar-refractivity contribution in [3.05, 3.63) is 0 Å². The lowest BCUT2D eigenvalue weighted by Gasteiger charge is -2.32. The minimum atomic E-state index is 0.378. The number of hydrogen-bond donors (Lipinski definition) is 1. The molecule has 19 heavy (non-hydrogen) atoms. The van der Waals surface area contributed by atoms with Crippen molar-refractivity contribution >= 4 is 0 Å². The van der Waals surface area contributed by atoms with E-state index in [2.05, 4.69) is 39.9 Å².